The summed E-state index contributed by atoms with van der Waals surface area (Å²) < 4.78 is 102. The van der Waals surface area contributed by atoms with Gasteiger partial charge in [-0.05, 0) is 66.1 Å². The lowest BCUT2D eigenvalue weighted by atomic mass is 9.78. The van der Waals surface area contributed by atoms with E-state index in [4.69, 9.17) is 4.74 Å². The minimum absolute atomic E-state index is 0.173. The van der Waals surface area contributed by atoms with Crippen LogP contribution in [0.25, 0.3) is 11.1 Å². The zero-order valence-corrected chi connectivity index (χ0v) is 20.9. The average molecular weight is 539 g/mol. The zero-order chi connectivity index (χ0) is 27.5. The molecule has 1 saturated carbocycles. The molecule has 0 saturated heterocycles. The first-order valence-corrected chi connectivity index (χ1v) is 12.8. The number of rotatable bonds is 8. The number of alkyl halides is 5. The van der Waals surface area contributed by atoms with E-state index >= 15 is 8.78 Å². The number of hydrogen-bond acceptors (Lipinski definition) is 1. The lowest BCUT2D eigenvalue weighted by molar-refractivity contribution is -0.185. The van der Waals surface area contributed by atoms with Gasteiger partial charge in [0.2, 0.25) is 0 Å². The smallest absolute Gasteiger partial charge is 0.426 e. The number of hydrogen-bond donors (Lipinski definition) is 0. The lowest BCUT2D eigenvalue weighted by Crippen LogP contribution is -2.22. The molecule has 0 bridgehead atoms. The van der Waals surface area contributed by atoms with Crippen LogP contribution in [0.1, 0.15) is 62.1 Å². The van der Waals surface area contributed by atoms with Crippen LogP contribution in [-0.2, 0) is 18.7 Å². The van der Waals surface area contributed by atoms with Crippen LogP contribution < -0.4 is 4.74 Å². The number of ether oxygens (including phenoxy) is 1. The van der Waals surface area contributed by atoms with E-state index in [-0.39, 0.29) is 11.1 Å². The van der Waals surface area contributed by atoms with Crippen LogP contribution >= 0.6 is 0 Å². The molecule has 3 aromatic rings. The van der Waals surface area contributed by atoms with E-state index in [1.54, 1.807) is 12.1 Å². The molecule has 0 spiro atoms. The molecular weight excluding hydrogens is 509 g/mol. The van der Waals surface area contributed by atoms with E-state index in [1.807, 2.05) is 0 Å². The van der Waals surface area contributed by atoms with Crippen molar-refractivity contribution in [1.82, 2.24) is 0 Å². The molecule has 0 N–H and O–H groups in total. The second-order valence-corrected chi connectivity index (χ2v) is 9.96. The van der Waals surface area contributed by atoms with Crippen LogP contribution in [0.2, 0.25) is 0 Å². The summed E-state index contributed by atoms with van der Waals surface area (Å²) in [4.78, 5) is 0. The summed E-state index contributed by atoms with van der Waals surface area (Å²) in [5.74, 6) is -2.65. The van der Waals surface area contributed by atoms with Crippen molar-refractivity contribution in [3.05, 3.63) is 89.0 Å². The van der Waals surface area contributed by atoms with Crippen LogP contribution in [0.15, 0.2) is 60.7 Å². The van der Waals surface area contributed by atoms with Gasteiger partial charge in [-0.2, -0.15) is 22.0 Å². The standard InChI is InChI=1S/C30H29F7O/c1-2-19-7-9-20(10-8-19)11-12-21-13-15-23(16-14-21)30(36,37)38-27-6-4-3-5-24(27)22-17-25(31)28(26(32)18-22)29(33,34)35/h3-6,13-20H,2,7-12H2,1H3. The van der Waals surface area contributed by atoms with Crippen molar-refractivity contribution in [3.8, 4) is 16.9 Å². The van der Waals surface area contributed by atoms with E-state index in [2.05, 4.69) is 6.92 Å². The third-order valence-electron chi connectivity index (χ3n) is 7.44. The first-order chi connectivity index (χ1) is 18.0. The Bertz CT molecular complexity index is 1200. The number of aryl methyl sites for hydroxylation is 1. The Labute approximate surface area is 217 Å². The molecule has 8 heteroatoms. The number of para-hydroxylation sites is 1. The summed E-state index contributed by atoms with van der Waals surface area (Å²) in [5.41, 5.74) is -2.04. The molecule has 0 atom stereocenters. The SMILES string of the molecule is CCC1CCC(CCc2ccc(C(F)(F)Oc3ccccc3-c3cc(F)c(C(F)(F)F)c(F)c3)cc2)CC1. The number of benzene rings is 3. The monoisotopic (exact) mass is 538 g/mol. The molecule has 0 unspecified atom stereocenters. The highest BCUT2D eigenvalue weighted by molar-refractivity contribution is 5.71. The van der Waals surface area contributed by atoms with Crippen molar-refractivity contribution in [2.24, 2.45) is 11.8 Å². The Morgan fingerprint density at radius 2 is 1.37 bits per heavy atom. The summed E-state index contributed by atoms with van der Waals surface area (Å²) in [5, 5.41) is 0. The molecule has 0 aromatic heterocycles. The molecule has 0 amide bonds. The van der Waals surface area contributed by atoms with Crippen LogP contribution in [0, 0.1) is 23.5 Å². The summed E-state index contributed by atoms with van der Waals surface area (Å²) >= 11 is 0. The van der Waals surface area contributed by atoms with Crippen molar-refractivity contribution in [3.63, 3.8) is 0 Å². The van der Waals surface area contributed by atoms with Crippen LogP contribution in [0.3, 0.4) is 0 Å². The van der Waals surface area contributed by atoms with Crippen LogP contribution in [0.5, 0.6) is 5.75 Å². The van der Waals surface area contributed by atoms with E-state index < -0.39 is 40.8 Å². The van der Waals surface area contributed by atoms with Gasteiger partial charge in [-0.3, -0.25) is 0 Å². The summed E-state index contributed by atoms with van der Waals surface area (Å²) in [6.07, 6.45) is -1.12. The summed E-state index contributed by atoms with van der Waals surface area (Å²) in [6, 6.07) is 11.9. The molecule has 38 heavy (non-hydrogen) atoms. The maximum absolute atomic E-state index is 15.1. The van der Waals surface area contributed by atoms with Gasteiger partial charge in [-0.15, -0.1) is 0 Å². The highest BCUT2D eigenvalue weighted by Gasteiger charge is 2.39. The molecule has 4 rings (SSSR count). The average Bonchev–Trinajstić information content (AvgIpc) is 2.87. The number of halogens is 7. The van der Waals surface area contributed by atoms with E-state index in [0.717, 1.165) is 24.3 Å². The fourth-order valence-corrected chi connectivity index (χ4v) is 5.16. The largest absolute Gasteiger partial charge is 0.428 e. The molecule has 1 aliphatic rings. The van der Waals surface area contributed by atoms with Gasteiger partial charge in [0.1, 0.15) is 22.9 Å². The molecule has 204 valence electrons. The maximum Gasteiger partial charge on any atom is 0.426 e. The molecule has 0 heterocycles. The van der Waals surface area contributed by atoms with Gasteiger partial charge < -0.3 is 4.74 Å². The Hall–Kier alpha value is -3.03. The van der Waals surface area contributed by atoms with Crippen molar-refractivity contribution in [1.29, 1.82) is 0 Å². The van der Waals surface area contributed by atoms with Crippen LogP contribution in [-0.4, -0.2) is 0 Å². The van der Waals surface area contributed by atoms with Gasteiger partial charge in [-0.1, -0.05) is 69.4 Å². The highest BCUT2D eigenvalue weighted by atomic mass is 19.4. The second kappa shape index (κ2) is 11.4. The molecule has 1 aliphatic carbocycles. The third kappa shape index (κ3) is 6.51. The van der Waals surface area contributed by atoms with Gasteiger partial charge in [-0.25, -0.2) is 8.78 Å². The minimum atomic E-state index is -5.24. The van der Waals surface area contributed by atoms with E-state index in [0.29, 0.717) is 18.1 Å². The summed E-state index contributed by atoms with van der Waals surface area (Å²) in [7, 11) is 0. The lowest BCUT2D eigenvalue weighted by Gasteiger charge is -2.27. The Kier molecular flexibility index (Phi) is 8.38. The van der Waals surface area contributed by atoms with Gasteiger partial charge >= 0.3 is 12.3 Å². The second-order valence-electron chi connectivity index (χ2n) is 9.96. The first kappa shape index (κ1) is 28.0. The zero-order valence-electron chi connectivity index (χ0n) is 20.9. The van der Waals surface area contributed by atoms with Crippen molar-refractivity contribution < 1.29 is 35.5 Å². The summed E-state index contributed by atoms with van der Waals surface area (Å²) in [6.45, 7) is 2.22. The molecule has 1 nitrogen and oxygen atoms in total. The molecule has 1 fully saturated rings. The van der Waals surface area contributed by atoms with Gasteiger partial charge in [0.25, 0.3) is 0 Å². The quantitative estimate of drug-likeness (QED) is 0.259. The predicted molar refractivity (Wildman–Crippen MR) is 132 cm³/mol. The highest BCUT2D eigenvalue weighted by Crippen LogP contribution is 2.41. The van der Waals surface area contributed by atoms with Crippen molar-refractivity contribution in [2.75, 3.05) is 0 Å². The van der Waals surface area contributed by atoms with E-state index in [9.17, 15) is 22.0 Å². The normalized spacial score (nSPS) is 18.4. The maximum atomic E-state index is 15.1. The fraction of sp³-hybridized carbons (Fsp3) is 0.400. The van der Waals surface area contributed by atoms with E-state index in [1.165, 1.54) is 68.5 Å². The Balaban J connectivity index is 1.47. The minimum Gasteiger partial charge on any atom is -0.428 e. The van der Waals surface area contributed by atoms with Crippen molar-refractivity contribution >= 4 is 0 Å². The molecule has 0 aliphatic heterocycles. The van der Waals surface area contributed by atoms with Gasteiger partial charge in [0.15, 0.2) is 0 Å². The first-order valence-electron chi connectivity index (χ1n) is 12.8. The predicted octanol–water partition coefficient (Wildman–Crippen LogP) is 9.93. The fourth-order valence-electron chi connectivity index (χ4n) is 5.16. The van der Waals surface area contributed by atoms with Gasteiger partial charge in [0.05, 0.1) is 5.56 Å². The van der Waals surface area contributed by atoms with Crippen molar-refractivity contribution in [2.45, 2.75) is 64.2 Å². The molecule has 3 aromatic carbocycles. The molecule has 0 radical (unpaired) electrons. The topological polar surface area (TPSA) is 9.23 Å². The third-order valence-corrected chi connectivity index (χ3v) is 7.44. The molecular formula is C30H29F7O. The van der Waals surface area contributed by atoms with Crippen LogP contribution in [0.4, 0.5) is 30.7 Å². The Morgan fingerprint density at radius 1 is 0.789 bits per heavy atom. The van der Waals surface area contributed by atoms with Gasteiger partial charge in [0, 0.05) is 5.56 Å². The Morgan fingerprint density at radius 3 is 1.95 bits per heavy atom.